The van der Waals surface area contributed by atoms with Gasteiger partial charge in [-0.05, 0) is 24.7 Å². The number of pyridine rings is 1. The van der Waals surface area contributed by atoms with E-state index in [1.165, 1.54) is 0 Å². The molecule has 158 valence electrons. The number of amides is 2. The zero-order valence-corrected chi connectivity index (χ0v) is 17.6. The van der Waals surface area contributed by atoms with Crippen LogP contribution in [0, 0.1) is 0 Å². The van der Waals surface area contributed by atoms with Crippen LogP contribution in [0.15, 0.2) is 48.7 Å². The molecule has 1 aromatic carbocycles. The van der Waals surface area contributed by atoms with E-state index in [4.69, 9.17) is 9.47 Å². The number of anilines is 1. The fourth-order valence-electron chi connectivity index (χ4n) is 2.83. The van der Waals surface area contributed by atoms with Crippen LogP contribution in [0.25, 0.3) is 0 Å². The average molecular weight is 401 g/mol. The van der Waals surface area contributed by atoms with Crippen LogP contribution in [0.2, 0.25) is 0 Å². The second kappa shape index (κ2) is 12.7. The second-order valence-corrected chi connectivity index (χ2v) is 6.59. The van der Waals surface area contributed by atoms with Gasteiger partial charge in [0.25, 0.3) is 0 Å². The molecular weight excluding hydrogens is 368 g/mol. The SMILES string of the molecule is CCN(CC)CCN(Cc1ccccc1)C(=O)Nc1ccc(OCCOC)nc1. The van der Waals surface area contributed by atoms with Crippen LogP contribution in [0.1, 0.15) is 19.4 Å². The van der Waals surface area contributed by atoms with E-state index in [0.29, 0.717) is 37.9 Å². The smallest absolute Gasteiger partial charge is 0.322 e. The Morgan fingerprint density at radius 3 is 2.41 bits per heavy atom. The predicted molar refractivity (Wildman–Crippen MR) is 115 cm³/mol. The lowest BCUT2D eigenvalue weighted by molar-refractivity contribution is 0.144. The molecule has 0 atom stereocenters. The lowest BCUT2D eigenvalue weighted by atomic mass is 10.2. The third-order valence-corrected chi connectivity index (χ3v) is 4.61. The molecule has 0 fully saturated rings. The summed E-state index contributed by atoms with van der Waals surface area (Å²) in [5.41, 5.74) is 1.73. The minimum absolute atomic E-state index is 0.143. The van der Waals surface area contributed by atoms with Gasteiger partial charge in [-0.25, -0.2) is 9.78 Å². The zero-order chi connectivity index (χ0) is 20.9. The summed E-state index contributed by atoms with van der Waals surface area (Å²) >= 11 is 0. The minimum Gasteiger partial charge on any atom is -0.475 e. The first-order chi connectivity index (χ1) is 14.2. The highest BCUT2D eigenvalue weighted by molar-refractivity contribution is 5.89. The molecule has 1 N–H and O–H groups in total. The Morgan fingerprint density at radius 2 is 1.79 bits per heavy atom. The third kappa shape index (κ3) is 8.09. The van der Waals surface area contributed by atoms with Crippen LogP contribution in [0.4, 0.5) is 10.5 Å². The van der Waals surface area contributed by atoms with Gasteiger partial charge in [-0.1, -0.05) is 44.2 Å². The summed E-state index contributed by atoms with van der Waals surface area (Å²) in [6.45, 7) is 9.16. The molecule has 7 heteroatoms. The van der Waals surface area contributed by atoms with Crippen molar-refractivity contribution in [2.24, 2.45) is 0 Å². The molecule has 1 aromatic heterocycles. The van der Waals surface area contributed by atoms with Gasteiger partial charge in [0, 0.05) is 32.8 Å². The lowest BCUT2D eigenvalue weighted by Gasteiger charge is -2.27. The van der Waals surface area contributed by atoms with E-state index < -0.39 is 0 Å². The van der Waals surface area contributed by atoms with Crippen molar-refractivity contribution in [3.63, 3.8) is 0 Å². The van der Waals surface area contributed by atoms with Crippen molar-refractivity contribution in [1.82, 2.24) is 14.8 Å². The number of aromatic nitrogens is 1. The van der Waals surface area contributed by atoms with Crippen molar-refractivity contribution in [1.29, 1.82) is 0 Å². The highest BCUT2D eigenvalue weighted by Crippen LogP contribution is 2.13. The van der Waals surface area contributed by atoms with E-state index in [1.807, 2.05) is 35.2 Å². The van der Waals surface area contributed by atoms with Crippen LogP contribution >= 0.6 is 0 Å². The summed E-state index contributed by atoms with van der Waals surface area (Å²) < 4.78 is 10.4. The number of carbonyl (C=O) groups excluding carboxylic acids is 1. The second-order valence-electron chi connectivity index (χ2n) is 6.59. The van der Waals surface area contributed by atoms with Crippen molar-refractivity contribution in [2.45, 2.75) is 20.4 Å². The molecular formula is C22H32N4O3. The molecule has 0 saturated heterocycles. The van der Waals surface area contributed by atoms with Gasteiger partial charge in [-0.2, -0.15) is 0 Å². The largest absolute Gasteiger partial charge is 0.475 e. The van der Waals surface area contributed by atoms with Crippen LogP contribution < -0.4 is 10.1 Å². The maximum atomic E-state index is 12.9. The van der Waals surface area contributed by atoms with Gasteiger partial charge in [-0.15, -0.1) is 0 Å². The number of urea groups is 1. The number of ether oxygens (including phenoxy) is 2. The van der Waals surface area contributed by atoms with E-state index in [1.54, 1.807) is 25.4 Å². The highest BCUT2D eigenvalue weighted by Gasteiger charge is 2.15. The first kappa shape index (κ1) is 22.6. The van der Waals surface area contributed by atoms with Gasteiger partial charge in [0.1, 0.15) is 6.61 Å². The van der Waals surface area contributed by atoms with E-state index in [9.17, 15) is 4.79 Å². The normalized spacial score (nSPS) is 10.8. The Hall–Kier alpha value is -2.64. The monoisotopic (exact) mass is 400 g/mol. The minimum atomic E-state index is -0.143. The standard InChI is InChI=1S/C22H32N4O3/c1-4-25(5-2)13-14-26(18-19-9-7-6-8-10-19)22(27)24-20-11-12-21(23-17-20)29-16-15-28-3/h6-12,17H,4-5,13-16,18H2,1-3H3,(H,24,27). The van der Waals surface area contributed by atoms with Gasteiger partial charge in [-0.3, -0.25) is 0 Å². The number of rotatable bonds is 12. The highest BCUT2D eigenvalue weighted by atomic mass is 16.5. The molecule has 7 nitrogen and oxygen atoms in total. The molecule has 2 rings (SSSR count). The fraction of sp³-hybridized carbons (Fsp3) is 0.455. The summed E-state index contributed by atoms with van der Waals surface area (Å²) in [5, 5.41) is 2.94. The number of benzene rings is 1. The molecule has 0 bridgehead atoms. The van der Waals surface area contributed by atoms with Gasteiger partial charge < -0.3 is 24.6 Å². The maximum Gasteiger partial charge on any atom is 0.322 e. The topological polar surface area (TPSA) is 66.9 Å². The molecule has 1 heterocycles. The molecule has 0 aliphatic heterocycles. The van der Waals surface area contributed by atoms with Gasteiger partial charge >= 0.3 is 6.03 Å². The molecule has 0 unspecified atom stereocenters. The molecule has 2 amide bonds. The van der Waals surface area contributed by atoms with Gasteiger partial charge in [0.05, 0.1) is 18.5 Å². The maximum absolute atomic E-state index is 12.9. The van der Waals surface area contributed by atoms with Crippen LogP contribution in [0.3, 0.4) is 0 Å². The molecule has 2 aromatic rings. The zero-order valence-electron chi connectivity index (χ0n) is 17.6. The quantitative estimate of drug-likeness (QED) is 0.553. The first-order valence-electron chi connectivity index (χ1n) is 10.1. The molecule has 0 aliphatic carbocycles. The van der Waals surface area contributed by atoms with Crippen LogP contribution in [-0.4, -0.2) is 67.3 Å². The Kier molecular flexibility index (Phi) is 9.95. The summed E-state index contributed by atoms with van der Waals surface area (Å²) in [7, 11) is 1.62. The molecule has 0 radical (unpaired) electrons. The van der Waals surface area contributed by atoms with Crippen molar-refractivity contribution < 1.29 is 14.3 Å². The molecule has 29 heavy (non-hydrogen) atoms. The van der Waals surface area contributed by atoms with Crippen LogP contribution in [-0.2, 0) is 11.3 Å². The van der Waals surface area contributed by atoms with E-state index in [2.05, 4.69) is 29.0 Å². The third-order valence-electron chi connectivity index (χ3n) is 4.61. The number of likely N-dealkylation sites (N-methyl/N-ethyl adjacent to an activating group) is 1. The number of hydrogen-bond acceptors (Lipinski definition) is 5. The Labute approximate surface area is 173 Å². The van der Waals surface area contributed by atoms with Gasteiger partial charge in [0.2, 0.25) is 5.88 Å². The first-order valence-corrected chi connectivity index (χ1v) is 10.1. The molecule has 0 saturated carbocycles. The number of methoxy groups -OCH3 is 1. The number of nitrogens with zero attached hydrogens (tertiary/aromatic N) is 3. The van der Waals surface area contributed by atoms with E-state index >= 15 is 0 Å². The van der Waals surface area contributed by atoms with E-state index in [0.717, 1.165) is 25.2 Å². The van der Waals surface area contributed by atoms with Crippen molar-refractivity contribution in [3.05, 3.63) is 54.2 Å². The van der Waals surface area contributed by atoms with Crippen molar-refractivity contribution in [3.8, 4) is 5.88 Å². The van der Waals surface area contributed by atoms with Gasteiger partial charge in [0.15, 0.2) is 0 Å². The summed E-state index contributed by atoms with van der Waals surface area (Å²) in [6, 6.07) is 13.4. The Morgan fingerprint density at radius 1 is 1.03 bits per heavy atom. The fourth-order valence-corrected chi connectivity index (χ4v) is 2.83. The molecule has 0 aliphatic rings. The predicted octanol–water partition coefficient (Wildman–Crippen LogP) is 3.48. The summed E-state index contributed by atoms with van der Waals surface area (Å²) in [6.07, 6.45) is 1.60. The van der Waals surface area contributed by atoms with Crippen molar-refractivity contribution in [2.75, 3.05) is 51.8 Å². The number of hydrogen-bond donors (Lipinski definition) is 1. The Bertz CT molecular complexity index is 706. The van der Waals surface area contributed by atoms with Crippen LogP contribution in [0.5, 0.6) is 5.88 Å². The lowest BCUT2D eigenvalue weighted by Crippen LogP contribution is -2.40. The van der Waals surface area contributed by atoms with E-state index in [-0.39, 0.29) is 6.03 Å². The average Bonchev–Trinajstić information content (AvgIpc) is 2.75. The number of nitrogens with one attached hydrogen (secondary N) is 1. The summed E-state index contributed by atoms with van der Waals surface area (Å²) in [5.74, 6) is 0.503. The number of carbonyl (C=O) groups is 1. The summed E-state index contributed by atoms with van der Waals surface area (Å²) in [4.78, 5) is 21.3. The Balaban J connectivity index is 1.99. The molecule has 0 spiro atoms. The van der Waals surface area contributed by atoms with Crippen molar-refractivity contribution >= 4 is 11.7 Å².